The van der Waals surface area contributed by atoms with Gasteiger partial charge in [0.1, 0.15) is 5.69 Å². The Bertz CT molecular complexity index is 1800. The molecule has 0 aliphatic heterocycles. The highest BCUT2D eigenvalue weighted by Gasteiger charge is 2.17. The first-order valence-corrected chi connectivity index (χ1v) is 12.4. The van der Waals surface area contributed by atoms with E-state index in [9.17, 15) is 4.79 Å². The molecule has 9 nitrogen and oxygen atoms in total. The molecular weight excluding hydrogens is 476 g/mol. The van der Waals surface area contributed by atoms with Crippen molar-refractivity contribution in [3.63, 3.8) is 0 Å². The second-order valence-electron chi connectivity index (χ2n) is 9.84. The maximum Gasteiger partial charge on any atom is 0.224 e. The van der Waals surface area contributed by atoms with E-state index in [1.165, 1.54) is 5.56 Å². The molecule has 0 aliphatic rings. The van der Waals surface area contributed by atoms with Gasteiger partial charge in [-0.3, -0.25) is 19.9 Å². The van der Waals surface area contributed by atoms with Crippen LogP contribution in [0, 0.1) is 12.8 Å². The minimum atomic E-state index is -0.0333. The van der Waals surface area contributed by atoms with Crippen molar-refractivity contribution in [2.45, 2.75) is 27.2 Å². The van der Waals surface area contributed by atoms with Crippen molar-refractivity contribution in [3.8, 4) is 33.8 Å². The Hall–Kier alpha value is -4.92. The van der Waals surface area contributed by atoms with Crippen LogP contribution in [0.2, 0.25) is 0 Å². The van der Waals surface area contributed by atoms with E-state index in [1.54, 1.807) is 24.8 Å². The smallest absolute Gasteiger partial charge is 0.224 e. The lowest BCUT2D eigenvalue weighted by molar-refractivity contribution is -0.116. The van der Waals surface area contributed by atoms with Crippen molar-refractivity contribution in [2.75, 3.05) is 5.32 Å². The van der Waals surface area contributed by atoms with Gasteiger partial charge in [-0.2, -0.15) is 5.10 Å². The van der Waals surface area contributed by atoms with Gasteiger partial charge >= 0.3 is 0 Å². The van der Waals surface area contributed by atoms with Crippen LogP contribution in [-0.2, 0) is 4.79 Å². The highest BCUT2D eigenvalue weighted by Crippen LogP contribution is 2.32. The molecule has 0 bridgehead atoms. The number of hydrogen-bond acceptors (Lipinski definition) is 6. The average Bonchev–Trinajstić information content (AvgIpc) is 3.52. The third-order valence-electron chi connectivity index (χ3n) is 6.32. The number of rotatable bonds is 6. The molecule has 188 valence electrons. The lowest BCUT2D eigenvalue weighted by Crippen LogP contribution is -2.13. The standard InChI is InChI=1S/C29H26N8O/c1-16(2)7-25(38)33-21-9-19(11-30-13-21)20-10-22-27(36-37-28(22)32-12-20)29-34-24-15-31-14-23(26(24)35-29)18-6-4-5-17(3)8-18/h4-6,8-16H,7H2,1-3H3,(H,33,38)(H,34,35)(H,32,36,37). The summed E-state index contributed by atoms with van der Waals surface area (Å²) < 4.78 is 0. The van der Waals surface area contributed by atoms with Crippen molar-refractivity contribution in [1.29, 1.82) is 0 Å². The number of anilines is 1. The van der Waals surface area contributed by atoms with E-state index < -0.39 is 0 Å². The first-order chi connectivity index (χ1) is 18.4. The van der Waals surface area contributed by atoms with E-state index in [2.05, 4.69) is 60.6 Å². The molecule has 0 atom stereocenters. The van der Waals surface area contributed by atoms with Crippen molar-refractivity contribution in [2.24, 2.45) is 5.92 Å². The summed E-state index contributed by atoms with van der Waals surface area (Å²) >= 11 is 0. The Balaban J connectivity index is 1.38. The molecule has 5 heterocycles. The molecule has 0 unspecified atom stereocenters. The fourth-order valence-corrected chi connectivity index (χ4v) is 4.56. The van der Waals surface area contributed by atoms with Gasteiger partial charge in [-0.1, -0.05) is 43.7 Å². The first kappa shape index (κ1) is 23.5. The van der Waals surface area contributed by atoms with Gasteiger partial charge in [0.2, 0.25) is 5.91 Å². The molecule has 9 heteroatoms. The second kappa shape index (κ2) is 9.51. The topological polar surface area (TPSA) is 125 Å². The highest BCUT2D eigenvalue weighted by atomic mass is 16.1. The van der Waals surface area contributed by atoms with Crippen LogP contribution in [0.1, 0.15) is 25.8 Å². The van der Waals surface area contributed by atoms with E-state index in [1.807, 2.05) is 38.2 Å². The predicted molar refractivity (Wildman–Crippen MR) is 148 cm³/mol. The van der Waals surface area contributed by atoms with E-state index >= 15 is 0 Å². The number of carbonyl (C=O) groups is 1. The first-order valence-electron chi connectivity index (χ1n) is 12.4. The summed E-state index contributed by atoms with van der Waals surface area (Å²) in [6.07, 6.45) is 9.22. The Labute approximate surface area is 218 Å². The molecule has 1 amide bonds. The summed E-state index contributed by atoms with van der Waals surface area (Å²) in [5.41, 5.74) is 8.51. The number of imidazole rings is 1. The van der Waals surface area contributed by atoms with E-state index in [-0.39, 0.29) is 11.8 Å². The minimum Gasteiger partial charge on any atom is -0.335 e. The van der Waals surface area contributed by atoms with Crippen LogP contribution in [-0.4, -0.2) is 41.0 Å². The number of aryl methyl sites for hydroxylation is 1. The molecule has 0 spiro atoms. The number of benzene rings is 1. The average molecular weight is 503 g/mol. The normalized spacial score (nSPS) is 11.5. The van der Waals surface area contributed by atoms with E-state index in [0.29, 0.717) is 23.6 Å². The van der Waals surface area contributed by atoms with Crippen LogP contribution in [0.5, 0.6) is 0 Å². The molecular formula is C29H26N8O. The van der Waals surface area contributed by atoms with Gasteiger partial charge in [0.05, 0.1) is 34.5 Å². The SMILES string of the molecule is Cc1cccc(-c2cncc3[nH]c(-c4[nH]nc5ncc(-c6cncc(NC(=O)CC(C)C)c6)cc45)nc23)c1. The van der Waals surface area contributed by atoms with Crippen LogP contribution >= 0.6 is 0 Å². The van der Waals surface area contributed by atoms with Gasteiger partial charge in [0.25, 0.3) is 0 Å². The molecule has 0 fully saturated rings. The summed E-state index contributed by atoms with van der Waals surface area (Å²) in [6, 6.07) is 12.2. The zero-order valence-electron chi connectivity index (χ0n) is 21.3. The molecule has 6 rings (SSSR count). The molecule has 1 aromatic carbocycles. The minimum absolute atomic E-state index is 0.0333. The number of aromatic amines is 2. The third kappa shape index (κ3) is 4.50. The van der Waals surface area contributed by atoms with Gasteiger partial charge in [0, 0.05) is 41.7 Å². The largest absolute Gasteiger partial charge is 0.335 e. The monoisotopic (exact) mass is 502 g/mol. The van der Waals surface area contributed by atoms with E-state index in [0.717, 1.165) is 44.4 Å². The van der Waals surface area contributed by atoms with Crippen LogP contribution in [0.15, 0.2) is 67.4 Å². The van der Waals surface area contributed by atoms with Gasteiger partial charge in [0.15, 0.2) is 11.5 Å². The van der Waals surface area contributed by atoms with Gasteiger partial charge in [-0.25, -0.2) is 9.97 Å². The lowest BCUT2D eigenvalue weighted by Gasteiger charge is -2.08. The number of amides is 1. The van der Waals surface area contributed by atoms with Gasteiger partial charge in [-0.05, 0) is 30.5 Å². The number of pyridine rings is 3. The van der Waals surface area contributed by atoms with E-state index in [4.69, 9.17) is 4.98 Å². The zero-order valence-corrected chi connectivity index (χ0v) is 21.3. The molecule has 0 radical (unpaired) electrons. The van der Waals surface area contributed by atoms with Gasteiger partial charge in [-0.15, -0.1) is 0 Å². The second-order valence-corrected chi connectivity index (χ2v) is 9.84. The lowest BCUT2D eigenvalue weighted by atomic mass is 10.0. The molecule has 0 saturated heterocycles. The summed E-state index contributed by atoms with van der Waals surface area (Å²) in [5, 5.41) is 11.2. The van der Waals surface area contributed by atoms with Crippen molar-refractivity contribution < 1.29 is 4.79 Å². The summed E-state index contributed by atoms with van der Waals surface area (Å²) in [4.78, 5) is 33.9. The van der Waals surface area contributed by atoms with Crippen LogP contribution < -0.4 is 5.32 Å². The number of nitrogens with one attached hydrogen (secondary N) is 3. The maximum absolute atomic E-state index is 12.2. The maximum atomic E-state index is 12.2. The number of H-pyrrole nitrogens is 2. The van der Waals surface area contributed by atoms with Crippen LogP contribution in [0.25, 0.3) is 55.8 Å². The van der Waals surface area contributed by atoms with Crippen molar-refractivity contribution in [1.82, 2.24) is 35.1 Å². The molecule has 6 aromatic rings. The molecule has 0 aliphatic carbocycles. The Morgan fingerprint density at radius 3 is 2.66 bits per heavy atom. The Morgan fingerprint density at radius 2 is 1.82 bits per heavy atom. The number of fused-ring (bicyclic) bond motifs is 2. The fourth-order valence-electron chi connectivity index (χ4n) is 4.56. The van der Waals surface area contributed by atoms with Crippen LogP contribution in [0.4, 0.5) is 5.69 Å². The number of hydrogen-bond donors (Lipinski definition) is 3. The third-order valence-corrected chi connectivity index (χ3v) is 6.32. The number of aromatic nitrogens is 7. The predicted octanol–water partition coefficient (Wildman–Crippen LogP) is 5.92. The fraction of sp³-hybridized carbons (Fsp3) is 0.172. The highest BCUT2D eigenvalue weighted by molar-refractivity contribution is 5.97. The summed E-state index contributed by atoms with van der Waals surface area (Å²) in [7, 11) is 0. The molecule has 0 saturated carbocycles. The van der Waals surface area contributed by atoms with Crippen molar-refractivity contribution >= 4 is 33.7 Å². The Kier molecular flexibility index (Phi) is 5.88. The quantitative estimate of drug-likeness (QED) is 0.260. The molecule has 5 aromatic heterocycles. The molecule has 38 heavy (non-hydrogen) atoms. The van der Waals surface area contributed by atoms with Crippen molar-refractivity contribution in [3.05, 3.63) is 72.9 Å². The summed E-state index contributed by atoms with van der Waals surface area (Å²) in [6.45, 7) is 6.10. The molecule has 3 N–H and O–H groups in total. The number of nitrogens with zero attached hydrogens (tertiary/aromatic N) is 5. The Morgan fingerprint density at radius 1 is 0.974 bits per heavy atom. The van der Waals surface area contributed by atoms with Crippen LogP contribution in [0.3, 0.4) is 0 Å². The summed E-state index contributed by atoms with van der Waals surface area (Å²) in [5.74, 6) is 0.893. The van der Waals surface area contributed by atoms with Gasteiger partial charge < -0.3 is 10.3 Å². The zero-order chi connectivity index (χ0) is 26.2. The number of carbonyl (C=O) groups excluding carboxylic acids is 1.